The minimum absolute atomic E-state index is 0.118. The van der Waals surface area contributed by atoms with Gasteiger partial charge in [-0.05, 0) is 89.9 Å². The maximum Gasteiger partial charge on any atom is 0.469 e. The lowest BCUT2D eigenvalue weighted by atomic mass is 10.0. The average molecular weight is 779 g/mol. The number of hydrogen-bond acceptors (Lipinski definition) is 8. The molecule has 0 aliphatic rings. The molecule has 0 saturated heterocycles. The van der Waals surface area contributed by atoms with Gasteiger partial charge in [-0.1, -0.05) is 125 Å². The Labute approximate surface area is 326 Å². The van der Waals surface area contributed by atoms with Crippen molar-refractivity contribution in [2.24, 2.45) is 0 Å². The van der Waals surface area contributed by atoms with Gasteiger partial charge in [-0.3, -0.25) is 14.1 Å². The van der Waals surface area contributed by atoms with Crippen LogP contribution in [0.15, 0.2) is 85.1 Å². The van der Waals surface area contributed by atoms with E-state index in [1.807, 2.05) is 24.3 Å². The van der Waals surface area contributed by atoms with Crippen molar-refractivity contribution in [2.45, 2.75) is 161 Å². The lowest BCUT2D eigenvalue weighted by molar-refractivity contribution is -0.161. The number of allylic oxidation sites excluding steroid dienone is 13. The van der Waals surface area contributed by atoms with E-state index in [1.165, 1.54) is 38.5 Å². The number of aliphatic hydroxyl groups is 2. The molecular weight excluding hydrogens is 707 g/mol. The molecule has 0 aromatic rings. The van der Waals surface area contributed by atoms with Gasteiger partial charge in [-0.25, -0.2) is 4.57 Å². The second kappa shape index (κ2) is 37.1. The summed E-state index contributed by atoms with van der Waals surface area (Å²) in [6.07, 6.45) is 41.9. The molecule has 0 saturated carbocycles. The number of carbonyl (C=O) groups is 2. The van der Waals surface area contributed by atoms with E-state index in [0.717, 1.165) is 44.9 Å². The maximum absolute atomic E-state index is 12.4. The molecule has 11 heteroatoms. The molecule has 0 heterocycles. The van der Waals surface area contributed by atoms with Crippen molar-refractivity contribution in [3.05, 3.63) is 85.1 Å². The summed E-state index contributed by atoms with van der Waals surface area (Å²) >= 11 is 0. The molecule has 10 nitrogen and oxygen atoms in total. The molecule has 0 spiro atoms. The zero-order valence-electron chi connectivity index (χ0n) is 33.1. The minimum atomic E-state index is -4.85. The van der Waals surface area contributed by atoms with Crippen molar-refractivity contribution in [1.29, 1.82) is 0 Å². The van der Waals surface area contributed by atoms with Crippen LogP contribution in [0.1, 0.15) is 142 Å². The van der Waals surface area contributed by atoms with Crippen LogP contribution in [0.3, 0.4) is 0 Å². The Balaban J connectivity index is 4.31. The third kappa shape index (κ3) is 37.5. The van der Waals surface area contributed by atoms with Crippen LogP contribution in [0.2, 0.25) is 0 Å². The fraction of sp³-hybridized carbons (Fsp3) is 0.628. The van der Waals surface area contributed by atoms with Crippen molar-refractivity contribution < 1.29 is 48.2 Å². The molecule has 4 N–H and O–H groups in total. The molecule has 0 bridgehead atoms. The summed E-state index contributed by atoms with van der Waals surface area (Å²) in [7, 11) is -4.85. The van der Waals surface area contributed by atoms with Crippen LogP contribution in [-0.4, -0.2) is 63.5 Å². The first kappa shape index (κ1) is 51.1. The molecule has 0 aromatic heterocycles. The number of esters is 2. The predicted molar refractivity (Wildman–Crippen MR) is 219 cm³/mol. The highest BCUT2D eigenvalue weighted by atomic mass is 31.2. The molecule has 0 radical (unpaired) electrons. The Hall–Kier alpha value is -2.85. The normalized spacial score (nSPS) is 14.6. The van der Waals surface area contributed by atoms with E-state index in [9.17, 15) is 24.4 Å². The van der Waals surface area contributed by atoms with Gasteiger partial charge in [0.25, 0.3) is 0 Å². The molecule has 0 fully saturated rings. The van der Waals surface area contributed by atoms with E-state index in [4.69, 9.17) is 19.3 Å². The number of hydrogen-bond donors (Lipinski definition) is 4. The van der Waals surface area contributed by atoms with E-state index in [0.29, 0.717) is 12.8 Å². The van der Waals surface area contributed by atoms with E-state index < -0.39 is 51.3 Å². The SMILES string of the molecule is CCCCC/C=C\C/C=C\C/C=C\C/C=C\CCCC(=O)OC[C@H](COP(=O)(O)O)OC(=O)CCCC(O)C(O)C/C=C\C/C=C\C/C=C\CCCCC. The summed E-state index contributed by atoms with van der Waals surface area (Å²) < 4.78 is 26.1. The van der Waals surface area contributed by atoms with E-state index in [2.05, 4.69) is 79.1 Å². The molecule has 54 heavy (non-hydrogen) atoms. The zero-order valence-corrected chi connectivity index (χ0v) is 34.0. The number of unbranched alkanes of at least 4 members (excludes halogenated alkanes) is 7. The molecular formula is C43H71O10P. The first-order valence-corrected chi connectivity index (χ1v) is 21.6. The number of ether oxygens (including phenoxy) is 2. The van der Waals surface area contributed by atoms with Gasteiger partial charge in [0.15, 0.2) is 6.10 Å². The second-order valence-corrected chi connectivity index (χ2v) is 14.4. The van der Waals surface area contributed by atoms with Gasteiger partial charge in [-0.15, -0.1) is 0 Å². The Bertz CT molecular complexity index is 1180. The van der Waals surface area contributed by atoms with Gasteiger partial charge in [-0.2, -0.15) is 0 Å². The number of aliphatic hydroxyl groups excluding tert-OH is 2. The van der Waals surface area contributed by atoms with Crippen LogP contribution in [-0.2, 0) is 28.2 Å². The summed E-state index contributed by atoms with van der Waals surface area (Å²) in [5.41, 5.74) is 0. The number of phosphoric acid groups is 1. The van der Waals surface area contributed by atoms with Crippen LogP contribution in [0.5, 0.6) is 0 Å². The highest BCUT2D eigenvalue weighted by Crippen LogP contribution is 2.36. The van der Waals surface area contributed by atoms with E-state index in [1.54, 1.807) is 0 Å². The molecule has 0 aliphatic heterocycles. The van der Waals surface area contributed by atoms with Crippen LogP contribution in [0.4, 0.5) is 0 Å². The Morgan fingerprint density at radius 1 is 0.556 bits per heavy atom. The fourth-order valence-corrected chi connectivity index (χ4v) is 5.30. The first-order chi connectivity index (χ1) is 26.1. The maximum atomic E-state index is 12.4. The topological polar surface area (TPSA) is 160 Å². The molecule has 0 aromatic carbocycles. The van der Waals surface area contributed by atoms with Crippen LogP contribution in [0, 0.1) is 0 Å². The Kier molecular flexibility index (Phi) is 35.1. The van der Waals surface area contributed by atoms with Gasteiger partial charge in [0.2, 0.25) is 0 Å². The minimum Gasteiger partial charge on any atom is -0.462 e. The zero-order chi connectivity index (χ0) is 40.0. The fourth-order valence-electron chi connectivity index (χ4n) is 4.94. The predicted octanol–water partition coefficient (Wildman–Crippen LogP) is 10.0. The molecule has 308 valence electrons. The van der Waals surface area contributed by atoms with Crippen molar-refractivity contribution in [3.63, 3.8) is 0 Å². The van der Waals surface area contributed by atoms with Crippen LogP contribution in [0.25, 0.3) is 0 Å². The number of rotatable bonds is 35. The largest absolute Gasteiger partial charge is 0.469 e. The monoisotopic (exact) mass is 778 g/mol. The van der Waals surface area contributed by atoms with Crippen LogP contribution >= 0.6 is 7.82 Å². The summed E-state index contributed by atoms with van der Waals surface area (Å²) in [5, 5.41) is 20.5. The second-order valence-electron chi connectivity index (χ2n) is 13.2. The van der Waals surface area contributed by atoms with Gasteiger partial charge >= 0.3 is 19.8 Å². The van der Waals surface area contributed by atoms with Crippen molar-refractivity contribution in [3.8, 4) is 0 Å². The summed E-state index contributed by atoms with van der Waals surface area (Å²) in [5.74, 6) is -1.24. The third-order valence-corrected chi connectivity index (χ3v) is 8.57. The smallest absolute Gasteiger partial charge is 0.462 e. The number of phosphoric ester groups is 1. The first-order valence-electron chi connectivity index (χ1n) is 20.0. The lowest BCUT2D eigenvalue weighted by Gasteiger charge is -2.19. The van der Waals surface area contributed by atoms with Crippen molar-refractivity contribution in [1.82, 2.24) is 0 Å². The van der Waals surface area contributed by atoms with Crippen molar-refractivity contribution >= 4 is 19.8 Å². The van der Waals surface area contributed by atoms with E-state index >= 15 is 0 Å². The highest BCUT2D eigenvalue weighted by Gasteiger charge is 2.23. The van der Waals surface area contributed by atoms with Gasteiger partial charge in [0, 0.05) is 12.8 Å². The van der Waals surface area contributed by atoms with Crippen LogP contribution < -0.4 is 0 Å². The highest BCUT2D eigenvalue weighted by molar-refractivity contribution is 7.46. The summed E-state index contributed by atoms with van der Waals surface area (Å²) in [6.45, 7) is 3.32. The number of carbonyl (C=O) groups excluding carboxylic acids is 2. The Morgan fingerprint density at radius 3 is 1.48 bits per heavy atom. The third-order valence-electron chi connectivity index (χ3n) is 8.09. The Morgan fingerprint density at radius 2 is 1.00 bits per heavy atom. The quantitative estimate of drug-likeness (QED) is 0.0211. The summed E-state index contributed by atoms with van der Waals surface area (Å²) in [4.78, 5) is 42.8. The van der Waals surface area contributed by atoms with Crippen molar-refractivity contribution in [2.75, 3.05) is 13.2 Å². The standard InChI is InChI=1S/C43H71O10P/c1-3-5-7-9-11-13-15-17-18-19-20-21-23-25-27-29-31-35-42(46)51-37-39(38-52-54(48,49)50)53-43(47)36-32-34-41(45)40(44)33-30-28-26-24-22-16-14-12-10-8-6-4-2/h11-14,17-18,20-22,24-25,27-28,30,39-41,44-45H,3-10,15-16,19,23,26,29,31-38H2,1-2H3,(H2,48,49,50)/b13-11-,14-12-,18-17-,21-20-,24-22-,27-25-,30-28-/t39-,40?,41?/m1/s1. The lowest BCUT2D eigenvalue weighted by Crippen LogP contribution is -2.30. The average Bonchev–Trinajstić information content (AvgIpc) is 3.13. The summed E-state index contributed by atoms with van der Waals surface area (Å²) in [6, 6.07) is 0. The molecule has 0 aliphatic carbocycles. The van der Waals surface area contributed by atoms with Gasteiger partial charge in [0.05, 0.1) is 18.8 Å². The van der Waals surface area contributed by atoms with E-state index in [-0.39, 0.29) is 32.1 Å². The molecule has 2 unspecified atom stereocenters. The van der Waals surface area contributed by atoms with Gasteiger partial charge in [0.1, 0.15) is 6.61 Å². The molecule has 0 amide bonds. The molecule has 3 atom stereocenters. The van der Waals surface area contributed by atoms with Gasteiger partial charge < -0.3 is 29.5 Å². The molecule has 0 rings (SSSR count).